The highest BCUT2D eigenvalue weighted by Gasteiger charge is 2.33. The van der Waals surface area contributed by atoms with Gasteiger partial charge >= 0.3 is 6.18 Å². The van der Waals surface area contributed by atoms with Crippen molar-refractivity contribution in [3.63, 3.8) is 0 Å². The Morgan fingerprint density at radius 2 is 1.88 bits per heavy atom. The van der Waals surface area contributed by atoms with Crippen LogP contribution in [0.1, 0.15) is 18.3 Å². The molecule has 0 aliphatic carbocycles. The maximum atomic E-state index is 12.9. The molecule has 3 heterocycles. The molecule has 0 aromatic carbocycles. The second kappa shape index (κ2) is 7.49. The first-order chi connectivity index (χ1) is 12.4. The lowest BCUT2D eigenvalue weighted by Crippen LogP contribution is -2.51. The number of anilines is 1. The van der Waals surface area contributed by atoms with Gasteiger partial charge in [-0.1, -0.05) is 12.1 Å². The van der Waals surface area contributed by atoms with Crippen LogP contribution in [0.4, 0.5) is 19.0 Å². The van der Waals surface area contributed by atoms with Gasteiger partial charge in [-0.05, 0) is 25.1 Å². The highest BCUT2D eigenvalue weighted by atomic mass is 19.4. The minimum atomic E-state index is -4.43. The monoisotopic (exact) mass is 366 g/mol. The lowest BCUT2D eigenvalue weighted by molar-refractivity contribution is -0.141. The van der Waals surface area contributed by atoms with Gasteiger partial charge in [0.1, 0.15) is 11.5 Å². The van der Waals surface area contributed by atoms with E-state index in [0.29, 0.717) is 31.3 Å². The van der Waals surface area contributed by atoms with Crippen LogP contribution in [0.25, 0.3) is 0 Å². The molecule has 0 amide bonds. The summed E-state index contributed by atoms with van der Waals surface area (Å²) in [7, 11) is 1.58. The number of hydrogen-bond acceptors (Lipinski definition) is 5. The maximum Gasteiger partial charge on any atom is 0.433 e. The molecule has 0 bridgehead atoms. The molecule has 1 fully saturated rings. The summed E-state index contributed by atoms with van der Waals surface area (Å²) in [5.41, 5.74) is 0.0486. The zero-order valence-electron chi connectivity index (χ0n) is 14.7. The second-order valence-electron chi connectivity index (χ2n) is 6.32. The molecule has 0 spiro atoms. The van der Waals surface area contributed by atoms with Crippen LogP contribution in [0, 0.1) is 0 Å². The number of rotatable bonds is 4. The molecule has 0 N–H and O–H groups in total. The van der Waals surface area contributed by atoms with Gasteiger partial charge in [0.2, 0.25) is 5.88 Å². The quantitative estimate of drug-likeness (QED) is 0.831. The van der Waals surface area contributed by atoms with Crippen LogP contribution in [-0.2, 0) is 12.7 Å². The van der Waals surface area contributed by atoms with Crippen molar-refractivity contribution in [2.24, 2.45) is 0 Å². The third-order valence-electron chi connectivity index (χ3n) is 4.47. The summed E-state index contributed by atoms with van der Waals surface area (Å²) in [4.78, 5) is 12.4. The average molecular weight is 366 g/mol. The fraction of sp³-hybridized carbons (Fsp3) is 0.444. The summed E-state index contributed by atoms with van der Waals surface area (Å²) in [6.45, 7) is 4.67. The molecule has 1 saturated heterocycles. The molecule has 1 aliphatic rings. The SMILES string of the molecule is COc1cccc(CN2CCN(c3cccc(C(F)(F)F)n3)CC2C)n1. The van der Waals surface area contributed by atoms with Crippen molar-refractivity contribution in [3.05, 3.63) is 47.8 Å². The number of alkyl halides is 3. The summed E-state index contributed by atoms with van der Waals surface area (Å²) in [6, 6.07) is 9.82. The van der Waals surface area contributed by atoms with E-state index in [1.54, 1.807) is 19.2 Å². The Morgan fingerprint density at radius 1 is 1.12 bits per heavy atom. The molecule has 1 atom stereocenters. The van der Waals surface area contributed by atoms with Gasteiger partial charge in [-0.2, -0.15) is 13.2 Å². The van der Waals surface area contributed by atoms with Crippen molar-refractivity contribution in [3.8, 4) is 5.88 Å². The standard InChI is InChI=1S/C18H21F3N4O/c1-13-11-25(16-7-4-6-15(23-16)18(19,20)21)10-9-24(13)12-14-5-3-8-17(22-14)26-2/h3-8,13H,9-12H2,1-2H3. The molecule has 8 heteroatoms. The molecule has 2 aromatic heterocycles. The Balaban J connectivity index is 1.67. The molecule has 5 nitrogen and oxygen atoms in total. The van der Waals surface area contributed by atoms with E-state index in [-0.39, 0.29) is 6.04 Å². The van der Waals surface area contributed by atoms with Crippen LogP contribution in [0.2, 0.25) is 0 Å². The number of methoxy groups -OCH3 is 1. The van der Waals surface area contributed by atoms with Crippen LogP contribution >= 0.6 is 0 Å². The predicted molar refractivity (Wildman–Crippen MR) is 92.1 cm³/mol. The number of pyridine rings is 2. The van der Waals surface area contributed by atoms with Gasteiger partial charge in [0.05, 0.1) is 12.8 Å². The van der Waals surface area contributed by atoms with Gasteiger partial charge in [-0.15, -0.1) is 0 Å². The van der Waals surface area contributed by atoms with Gasteiger partial charge in [0.25, 0.3) is 0 Å². The Labute approximate surface area is 150 Å². The lowest BCUT2D eigenvalue weighted by Gasteiger charge is -2.40. The molecule has 140 valence electrons. The Morgan fingerprint density at radius 3 is 2.58 bits per heavy atom. The van der Waals surface area contributed by atoms with Crippen molar-refractivity contribution >= 4 is 5.82 Å². The topological polar surface area (TPSA) is 41.5 Å². The van der Waals surface area contributed by atoms with Crippen LogP contribution in [0.5, 0.6) is 5.88 Å². The van der Waals surface area contributed by atoms with E-state index < -0.39 is 11.9 Å². The molecular formula is C18H21F3N4O. The number of piperazine rings is 1. The first-order valence-corrected chi connectivity index (χ1v) is 8.40. The number of halogens is 3. The average Bonchev–Trinajstić information content (AvgIpc) is 2.63. The zero-order chi connectivity index (χ0) is 18.7. The largest absolute Gasteiger partial charge is 0.481 e. The molecule has 0 radical (unpaired) electrons. The van der Waals surface area contributed by atoms with Crippen molar-refractivity contribution in [1.82, 2.24) is 14.9 Å². The molecule has 0 saturated carbocycles. The van der Waals surface area contributed by atoms with Gasteiger partial charge < -0.3 is 9.64 Å². The van der Waals surface area contributed by atoms with E-state index in [2.05, 4.69) is 21.8 Å². The summed E-state index contributed by atoms with van der Waals surface area (Å²) in [5, 5.41) is 0. The van der Waals surface area contributed by atoms with Gasteiger partial charge in [-0.25, -0.2) is 9.97 Å². The van der Waals surface area contributed by atoms with E-state index in [9.17, 15) is 13.2 Å². The summed E-state index contributed by atoms with van der Waals surface area (Å²) >= 11 is 0. The first-order valence-electron chi connectivity index (χ1n) is 8.40. The van der Waals surface area contributed by atoms with Crippen molar-refractivity contribution in [1.29, 1.82) is 0 Å². The molecular weight excluding hydrogens is 345 g/mol. The summed E-state index contributed by atoms with van der Waals surface area (Å²) in [6.07, 6.45) is -4.43. The van der Waals surface area contributed by atoms with E-state index in [4.69, 9.17) is 4.74 Å². The summed E-state index contributed by atoms with van der Waals surface area (Å²) < 4.78 is 43.8. The lowest BCUT2D eigenvalue weighted by atomic mass is 10.1. The van der Waals surface area contributed by atoms with Crippen molar-refractivity contribution < 1.29 is 17.9 Å². The Bertz CT molecular complexity index is 753. The van der Waals surface area contributed by atoms with E-state index >= 15 is 0 Å². The molecule has 1 unspecified atom stereocenters. The number of hydrogen-bond donors (Lipinski definition) is 0. The summed E-state index contributed by atoms with van der Waals surface area (Å²) in [5.74, 6) is 0.938. The fourth-order valence-electron chi connectivity index (χ4n) is 3.06. The molecule has 1 aliphatic heterocycles. The van der Waals surface area contributed by atoms with Crippen molar-refractivity contribution in [2.45, 2.75) is 25.7 Å². The Kier molecular flexibility index (Phi) is 5.31. The highest BCUT2D eigenvalue weighted by Crippen LogP contribution is 2.29. The zero-order valence-corrected chi connectivity index (χ0v) is 14.7. The second-order valence-corrected chi connectivity index (χ2v) is 6.32. The molecule has 3 rings (SSSR count). The normalized spacial score (nSPS) is 18.8. The third kappa shape index (κ3) is 4.24. The smallest absolute Gasteiger partial charge is 0.433 e. The van der Waals surface area contributed by atoms with Crippen LogP contribution in [0.3, 0.4) is 0 Å². The number of ether oxygens (including phenoxy) is 1. The predicted octanol–water partition coefficient (Wildman–Crippen LogP) is 3.21. The maximum absolute atomic E-state index is 12.9. The first kappa shape index (κ1) is 18.4. The van der Waals surface area contributed by atoms with Gasteiger partial charge in [0, 0.05) is 38.3 Å². The fourth-order valence-corrected chi connectivity index (χ4v) is 3.06. The van der Waals surface area contributed by atoms with Crippen LogP contribution in [0.15, 0.2) is 36.4 Å². The molecule has 2 aromatic rings. The third-order valence-corrected chi connectivity index (χ3v) is 4.47. The van der Waals surface area contributed by atoms with Gasteiger partial charge in [-0.3, -0.25) is 4.90 Å². The highest BCUT2D eigenvalue weighted by molar-refractivity contribution is 5.40. The van der Waals surface area contributed by atoms with E-state index in [1.807, 2.05) is 17.0 Å². The van der Waals surface area contributed by atoms with E-state index in [0.717, 1.165) is 18.3 Å². The Hall–Kier alpha value is -2.35. The minimum Gasteiger partial charge on any atom is -0.481 e. The van der Waals surface area contributed by atoms with Crippen molar-refractivity contribution in [2.75, 3.05) is 31.6 Å². The van der Waals surface area contributed by atoms with E-state index in [1.165, 1.54) is 6.07 Å². The van der Waals surface area contributed by atoms with Gasteiger partial charge in [0.15, 0.2) is 0 Å². The minimum absolute atomic E-state index is 0.160. The van der Waals surface area contributed by atoms with Crippen LogP contribution < -0.4 is 9.64 Å². The van der Waals surface area contributed by atoms with Crippen LogP contribution in [-0.4, -0.2) is 47.7 Å². The number of nitrogens with zero attached hydrogens (tertiary/aromatic N) is 4. The molecule has 26 heavy (non-hydrogen) atoms. The number of aromatic nitrogens is 2.